The summed E-state index contributed by atoms with van der Waals surface area (Å²) in [6.07, 6.45) is 1.65. The molecule has 0 bridgehead atoms. The Morgan fingerprint density at radius 2 is 1.75 bits per heavy atom. The zero-order chi connectivity index (χ0) is 17.1. The van der Waals surface area contributed by atoms with Crippen molar-refractivity contribution in [3.8, 4) is 0 Å². The van der Waals surface area contributed by atoms with E-state index in [4.69, 9.17) is 5.21 Å². The molecule has 5 heteroatoms. The number of benzene rings is 2. The molecule has 2 aromatic carbocycles. The average Bonchev–Trinajstić information content (AvgIpc) is 2.82. The second-order valence-corrected chi connectivity index (χ2v) is 6.12. The van der Waals surface area contributed by atoms with E-state index in [1.54, 1.807) is 17.6 Å². The number of nitrogens with one attached hydrogen (secondary N) is 1. The number of nitrogens with zero attached hydrogens (tertiary/aromatic N) is 1. The molecule has 0 aromatic heterocycles. The summed E-state index contributed by atoms with van der Waals surface area (Å²) >= 11 is 0. The maximum Gasteiger partial charge on any atom is 0.274 e. The first kappa shape index (κ1) is 16.2. The second-order valence-electron chi connectivity index (χ2n) is 6.12. The van der Waals surface area contributed by atoms with E-state index < -0.39 is 5.91 Å². The van der Waals surface area contributed by atoms with Crippen molar-refractivity contribution in [1.82, 2.24) is 10.4 Å². The molecule has 0 aliphatic carbocycles. The molecule has 0 saturated heterocycles. The topological polar surface area (TPSA) is 69.6 Å². The molecular formula is C19H20N2O3. The van der Waals surface area contributed by atoms with Crippen molar-refractivity contribution in [2.45, 2.75) is 26.3 Å². The fourth-order valence-corrected chi connectivity index (χ4v) is 3.02. The Morgan fingerprint density at radius 3 is 2.46 bits per heavy atom. The number of hydrogen-bond donors (Lipinski definition) is 2. The van der Waals surface area contributed by atoms with Gasteiger partial charge in [0.1, 0.15) is 0 Å². The zero-order valence-electron chi connectivity index (χ0n) is 13.6. The van der Waals surface area contributed by atoms with Crippen molar-refractivity contribution in [3.05, 3.63) is 70.3 Å². The third kappa shape index (κ3) is 3.31. The van der Waals surface area contributed by atoms with E-state index in [-0.39, 0.29) is 5.91 Å². The minimum atomic E-state index is -0.519. The fourth-order valence-electron chi connectivity index (χ4n) is 3.02. The van der Waals surface area contributed by atoms with Gasteiger partial charge in [0.15, 0.2) is 0 Å². The first-order valence-corrected chi connectivity index (χ1v) is 8.00. The van der Waals surface area contributed by atoms with Crippen LogP contribution in [0.15, 0.2) is 42.5 Å². The van der Waals surface area contributed by atoms with Crippen LogP contribution in [0.2, 0.25) is 0 Å². The van der Waals surface area contributed by atoms with Gasteiger partial charge in [-0.2, -0.15) is 0 Å². The van der Waals surface area contributed by atoms with Crippen LogP contribution >= 0.6 is 0 Å². The highest BCUT2D eigenvalue weighted by atomic mass is 16.5. The van der Waals surface area contributed by atoms with Gasteiger partial charge < -0.3 is 4.90 Å². The SMILES string of the molecule is Cc1ccc(C(=O)N2CCCc3cc(C(=O)NO)ccc3C2)cc1. The molecule has 0 unspecified atom stereocenters. The summed E-state index contributed by atoms with van der Waals surface area (Å²) in [5, 5.41) is 8.76. The molecule has 2 aromatic rings. The van der Waals surface area contributed by atoms with Crippen LogP contribution in [0.25, 0.3) is 0 Å². The maximum absolute atomic E-state index is 12.7. The van der Waals surface area contributed by atoms with Gasteiger partial charge in [-0.1, -0.05) is 23.8 Å². The molecule has 0 fully saturated rings. The van der Waals surface area contributed by atoms with Crippen LogP contribution in [0.3, 0.4) is 0 Å². The van der Waals surface area contributed by atoms with E-state index >= 15 is 0 Å². The summed E-state index contributed by atoms with van der Waals surface area (Å²) in [5.74, 6) is -0.491. The van der Waals surface area contributed by atoms with Crippen LogP contribution in [0.5, 0.6) is 0 Å². The fraction of sp³-hybridized carbons (Fsp3) is 0.263. The van der Waals surface area contributed by atoms with Crippen LogP contribution in [-0.4, -0.2) is 28.5 Å². The van der Waals surface area contributed by atoms with E-state index in [2.05, 4.69) is 0 Å². The monoisotopic (exact) mass is 324 g/mol. The van der Waals surface area contributed by atoms with E-state index in [9.17, 15) is 9.59 Å². The van der Waals surface area contributed by atoms with Crippen molar-refractivity contribution in [2.75, 3.05) is 6.54 Å². The van der Waals surface area contributed by atoms with Crippen molar-refractivity contribution < 1.29 is 14.8 Å². The lowest BCUT2D eigenvalue weighted by Gasteiger charge is -2.21. The molecule has 3 rings (SSSR count). The third-order valence-corrected chi connectivity index (χ3v) is 4.39. The maximum atomic E-state index is 12.7. The van der Waals surface area contributed by atoms with E-state index in [0.717, 1.165) is 29.5 Å². The highest BCUT2D eigenvalue weighted by Crippen LogP contribution is 2.22. The second kappa shape index (κ2) is 6.84. The summed E-state index contributed by atoms with van der Waals surface area (Å²) in [6.45, 7) is 3.21. The van der Waals surface area contributed by atoms with E-state index in [1.807, 2.05) is 42.2 Å². The first-order chi connectivity index (χ1) is 11.6. The van der Waals surface area contributed by atoms with Gasteiger partial charge in [-0.05, 0) is 55.2 Å². The van der Waals surface area contributed by atoms with Gasteiger partial charge in [0, 0.05) is 24.2 Å². The highest BCUT2D eigenvalue weighted by Gasteiger charge is 2.21. The number of aryl methyl sites for hydroxylation is 2. The van der Waals surface area contributed by atoms with Crippen molar-refractivity contribution >= 4 is 11.8 Å². The van der Waals surface area contributed by atoms with Gasteiger partial charge in [0.2, 0.25) is 0 Å². The average molecular weight is 324 g/mol. The molecule has 0 spiro atoms. The minimum absolute atomic E-state index is 0.0278. The lowest BCUT2D eigenvalue weighted by molar-refractivity contribution is 0.0705. The number of rotatable bonds is 2. The van der Waals surface area contributed by atoms with Crippen molar-refractivity contribution in [1.29, 1.82) is 0 Å². The highest BCUT2D eigenvalue weighted by molar-refractivity contribution is 5.95. The van der Waals surface area contributed by atoms with E-state index in [1.165, 1.54) is 0 Å². The third-order valence-electron chi connectivity index (χ3n) is 4.39. The molecule has 0 atom stereocenters. The summed E-state index contributed by atoms with van der Waals surface area (Å²) < 4.78 is 0. The molecule has 5 nitrogen and oxygen atoms in total. The number of hydroxylamine groups is 1. The summed E-state index contributed by atoms with van der Waals surface area (Å²) in [4.78, 5) is 26.1. The van der Waals surface area contributed by atoms with Crippen molar-refractivity contribution in [2.24, 2.45) is 0 Å². The summed E-state index contributed by atoms with van der Waals surface area (Å²) in [7, 11) is 0. The van der Waals surface area contributed by atoms with Crippen LogP contribution in [0.1, 0.15) is 43.8 Å². The van der Waals surface area contributed by atoms with Crippen LogP contribution in [-0.2, 0) is 13.0 Å². The number of hydrogen-bond acceptors (Lipinski definition) is 3. The predicted molar refractivity (Wildman–Crippen MR) is 89.9 cm³/mol. The number of carbonyl (C=O) groups is 2. The van der Waals surface area contributed by atoms with Gasteiger partial charge in [-0.15, -0.1) is 0 Å². The molecule has 1 aliphatic heterocycles. The molecule has 0 radical (unpaired) electrons. The molecule has 24 heavy (non-hydrogen) atoms. The lowest BCUT2D eigenvalue weighted by Crippen LogP contribution is -2.30. The van der Waals surface area contributed by atoms with Gasteiger partial charge >= 0.3 is 0 Å². The number of carbonyl (C=O) groups excluding carboxylic acids is 2. The van der Waals surface area contributed by atoms with Crippen LogP contribution in [0.4, 0.5) is 0 Å². The predicted octanol–water partition coefficient (Wildman–Crippen LogP) is 2.70. The molecule has 0 saturated carbocycles. The molecule has 1 aliphatic rings. The molecule has 1 heterocycles. The Balaban J connectivity index is 1.83. The van der Waals surface area contributed by atoms with E-state index in [0.29, 0.717) is 24.2 Å². The normalized spacial score (nSPS) is 13.8. The Hall–Kier alpha value is -2.66. The van der Waals surface area contributed by atoms with Gasteiger partial charge in [0.05, 0.1) is 0 Å². The minimum Gasteiger partial charge on any atom is -0.334 e. The molecule has 2 N–H and O–H groups in total. The Bertz CT molecular complexity index is 769. The lowest BCUT2D eigenvalue weighted by atomic mass is 10.0. The van der Waals surface area contributed by atoms with Crippen LogP contribution < -0.4 is 5.48 Å². The standard InChI is InChI=1S/C19H20N2O3/c1-13-4-6-14(7-5-13)19(23)21-10-2-3-15-11-16(18(22)20-24)8-9-17(15)12-21/h4-9,11,24H,2-3,10,12H2,1H3,(H,20,22). The Kier molecular flexibility index (Phi) is 4.62. The number of fused-ring (bicyclic) bond motifs is 1. The Labute approximate surface area is 140 Å². The summed E-state index contributed by atoms with van der Waals surface area (Å²) in [6, 6.07) is 12.9. The van der Waals surface area contributed by atoms with Gasteiger partial charge in [-0.3, -0.25) is 14.8 Å². The Morgan fingerprint density at radius 1 is 1.04 bits per heavy atom. The number of amides is 2. The molecular weight excluding hydrogens is 304 g/mol. The first-order valence-electron chi connectivity index (χ1n) is 8.00. The zero-order valence-corrected chi connectivity index (χ0v) is 13.6. The van der Waals surface area contributed by atoms with Crippen LogP contribution in [0, 0.1) is 6.92 Å². The smallest absolute Gasteiger partial charge is 0.274 e. The largest absolute Gasteiger partial charge is 0.334 e. The van der Waals surface area contributed by atoms with Crippen molar-refractivity contribution in [3.63, 3.8) is 0 Å². The molecule has 124 valence electrons. The summed E-state index contributed by atoms with van der Waals surface area (Å²) in [5.41, 5.74) is 6.00. The van der Waals surface area contributed by atoms with Gasteiger partial charge in [0.25, 0.3) is 11.8 Å². The molecule has 2 amide bonds. The quantitative estimate of drug-likeness (QED) is 0.659. The van der Waals surface area contributed by atoms with Gasteiger partial charge in [-0.25, -0.2) is 5.48 Å².